The molecule has 0 bridgehead atoms. The molecule has 0 saturated heterocycles. The summed E-state index contributed by atoms with van der Waals surface area (Å²) in [4.78, 5) is 22.6. The summed E-state index contributed by atoms with van der Waals surface area (Å²) in [6, 6.07) is 9.87. The zero-order chi connectivity index (χ0) is 18.8. The monoisotopic (exact) mass is 394 g/mol. The number of carboxylic acids is 1. The first-order chi connectivity index (χ1) is 12.6. The molecule has 2 N–H and O–H groups in total. The summed E-state index contributed by atoms with van der Waals surface area (Å²) in [6.07, 6.45) is 6.23. The predicted octanol–water partition coefficient (Wildman–Crippen LogP) is 3.44. The molecule has 1 aliphatic rings. The van der Waals surface area contributed by atoms with Gasteiger partial charge in [0.25, 0.3) is 0 Å². The molecular formula is C20H26O4S2. The molecule has 3 atom stereocenters. The summed E-state index contributed by atoms with van der Waals surface area (Å²) in [5.41, 5.74) is 1.09. The number of benzene rings is 1. The minimum atomic E-state index is -0.784. The lowest BCUT2D eigenvalue weighted by Gasteiger charge is -2.15. The van der Waals surface area contributed by atoms with Gasteiger partial charge in [0.05, 0.1) is 17.1 Å². The van der Waals surface area contributed by atoms with Gasteiger partial charge in [-0.1, -0.05) is 42.5 Å². The van der Waals surface area contributed by atoms with Crippen molar-refractivity contribution in [3.63, 3.8) is 0 Å². The smallest absolute Gasteiger partial charge is 0.313 e. The van der Waals surface area contributed by atoms with Crippen molar-refractivity contribution in [2.24, 2.45) is 5.92 Å². The number of Topliss-reactive ketones (excluding diaryl/α,β-unsaturated/α-hetero) is 1. The van der Waals surface area contributed by atoms with Crippen LogP contribution in [0.25, 0.3) is 0 Å². The van der Waals surface area contributed by atoms with Gasteiger partial charge in [-0.05, 0) is 35.8 Å². The first-order valence-electron chi connectivity index (χ1n) is 8.90. The zero-order valence-corrected chi connectivity index (χ0v) is 16.4. The van der Waals surface area contributed by atoms with Crippen molar-refractivity contribution in [2.45, 2.75) is 37.0 Å². The minimum absolute atomic E-state index is 0.0281. The zero-order valence-electron chi connectivity index (χ0n) is 14.8. The summed E-state index contributed by atoms with van der Waals surface area (Å²) in [7, 11) is 0. The molecule has 0 amide bonds. The van der Waals surface area contributed by atoms with Crippen molar-refractivity contribution in [1.29, 1.82) is 0 Å². The standard InChI is InChI=1S/C20H26O4S2/c21-17(13-15-5-2-1-3-6-15)9-7-16-8-10-18(22)20(16)26-12-4-11-25-14-19(23)24/h1-3,5-7,9,16-17,20-21H,4,8,10-14H2,(H,23,24)/t16-,17?,20?/m0/s1. The van der Waals surface area contributed by atoms with Crippen LogP contribution in [0.15, 0.2) is 42.5 Å². The molecule has 1 aliphatic carbocycles. The van der Waals surface area contributed by atoms with E-state index in [4.69, 9.17) is 5.11 Å². The number of aliphatic hydroxyl groups is 1. The normalized spacial score (nSPS) is 21.3. The second-order valence-electron chi connectivity index (χ2n) is 6.40. The van der Waals surface area contributed by atoms with E-state index in [2.05, 4.69) is 0 Å². The number of thioether (sulfide) groups is 2. The van der Waals surface area contributed by atoms with Gasteiger partial charge in [0.15, 0.2) is 0 Å². The van der Waals surface area contributed by atoms with Gasteiger partial charge in [0, 0.05) is 12.8 Å². The van der Waals surface area contributed by atoms with Crippen molar-refractivity contribution in [3.05, 3.63) is 48.0 Å². The topological polar surface area (TPSA) is 74.6 Å². The summed E-state index contributed by atoms with van der Waals surface area (Å²) >= 11 is 3.09. The molecule has 1 saturated carbocycles. The average Bonchev–Trinajstić information content (AvgIpc) is 2.97. The maximum atomic E-state index is 12.1. The number of carboxylic acid groups (broad SMARTS) is 1. The largest absolute Gasteiger partial charge is 0.481 e. The Bertz CT molecular complexity index is 603. The Morgan fingerprint density at radius 1 is 1.27 bits per heavy atom. The molecule has 2 rings (SSSR count). The first-order valence-corrected chi connectivity index (χ1v) is 11.1. The molecule has 2 unspecified atom stereocenters. The number of carbonyl (C=O) groups excluding carboxylic acids is 1. The second kappa shape index (κ2) is 11.5. The highest BCUT2D eigenvalue weighted by Crippen LogP contribution is 2.34. The fraction of sp³-hybridized carbons (Fsp3) is 0.500. The van der Waals surface area contributed by atoms with Gasteiger partial charge in [-0.2, -0.15) is 11.8 Å². The van der Waals surface area contributed by atoms with Gasteiger partial charge < -0.3 is 10.2 Å². The quantitative estimate of drug-likeness (QED) is 0.442. The van der Waals surface area contributed by atoms with Gasteiger partial charge in [-0.15, -0.1) is 11.8 Å². The van der Waals surface area contributed by atoms with E-state index in [-0.39, 0.29) is 16.9 Å². The highest BCUT2D eigenvalue weighted by molar-refractivity contribution is 8.01. The number of allylic oxidation sites excluding steroid dienone is 1. The van der Waals surface area contributed by atoms with Gasteiger partial charge in [-0.3, -0.25) is 9.59 Å². The van der Waals surface area contributed by atoms with E-state index < -0.39 is 12.1 Å². The Kier molecular flexibility index (Phi) is 9.29. The van der Waals surface area contributed by atoms with Crippen LogP contribution in [0.5, 0.6) is 0 Å². The number of carbonyl (C=O) groups is 2. The summed E-state index contributed by atoms with van der Waals surface area (Å²) in [5.74, 6) is 1.49. The molecule has 1 aromatic carbocycles. The minimum Gasteiger partial charge on any atom is -0.481 e. The predicted molar refractivity (Wildman–Crippen MR) is 109 cm³/mol. The molecule has 1 fully saturated rings. The van der Waals surface area contributed by atoms with Crippen molar-refractivity contribution in [2.75, 3.05) is 17.3 Å². The molecule has 0 radical (unpaired) electrons. The molecule has 142 valence electrons. The van der Waals surface area contributed by atoms with E-state index in [0.29, 0.717) is 18.6 Å². The number of rotatable bonds is 11. The first kappa shape index (κ1) is 21.1. The van der Waals surface area contributed by atoms with Crippen LogP contribution in [-0.2, 0) is 16.0 Å². The lowest BCUT2D eigenvalue weighted by atomic mass is 10.0. The molecule has 0 aromatic heterocycles. The number of ketones is 1. The lowest BCUT2D eigenvalue weighted by Crippen LogP contribution is -2.17. The molecule has 1 aromatic rings. The number of hydrogen-bond donors (Lipinski definition) is 2. The van der Waals surface area contributed by atoms with Crippen LogP contribution < -0.4 is 0 Å². The lowest BCUT2D eigenvalue weighted by molar-refractivity contribution is -0.133. The molecular weight excluding hydrogens is 368 g/mol. The van der Waals surface area contributed by atoms with Gasteiger partial charge >= 0.3 is 5.97 Å². The summed E-state index contributed by atoms with van der Waals surface area (Å²) in [6.45, 7) is 0. The van der Waals surface area contributed by atoms with Gasteiger partial charge in [0.2, 0.25) is 0 Å². The SMILES string of the molecule is O=C(O)CSCCCSC1C(=O)CC[C@@H]1C=CC(O)Cc1ccccc1. The fourth-order valence-corrected chi connectivity index (χ4v) is 5.17. The maximum absolute atomic E-state index is 12.1. The van der Waals surface area contributed by atoms with E-state index in [0.717, 1.165) is 29.9 Å². The fourth-order valence-electron chi connectivity index (χ4n) is 2.98. The van der Waals surface area contributed by atoms with E-state index in [1.807, 2.05) is 42.5 Å². The molecule has 6 heteroatoms. The summed E-state index contributed by atoms with van der Waals surface area (Å²) in [5, 5.41) is 18.8. The van der Waals surface area contributed by atoms with Crippen LogP contribution in [0.2, 0.25) is 0 Å². The van der Waals surface area contributed by atoms with Crippen LogP contribution in [0, 0.1) is 5.92 Å². The molecule has 4 nitrogen and oxygen atoms in total. The Hall–Kier alpha value is -1.24. The van der Waals surface area contributed by atoms with E-state index in [1.54, 1.807) is 11.8 Å². The van der Waals surface area contributed by atoms with Crippen molar-refractivity contribution in [3.8, 4) is 0 Å². The number of aliphatic hydroxyl groups excluding tert-OH is 1. The molecule has 0 aliphatic heterocycles. The number of aliphatic carboxylic acids is 1. The highest BCUT2D eigenvalue weighted by Gasteiger charge is 2.33. The van der Waals surface area contributed by atoms with E-state index in [9.17, 15) is 14.7 Å². The third-order valence-corrected chi connectivity index (χ3v) is 6.78. The Morgan fingerprint density at radius 3 is 2.77 bits per heavy atom. The number of hydrogen-bond acceptors (Lipinski definition) is 5. The maximum Gasteiger partial charge on any atom is 0.313 e. The Balaban J connectivity index is 1.74. The Morgan fingerprint density at radius 2 is 2.04 bits per heavy atom. The van der Waals surface area contributed by atoms with E-state index in [1.165, 1.54) is 11.8 Å². The van der Waals surface area contributed by atoms with Crippen LogP contribution in [-0.4, -0.2) is 50.6 Å². The van der Waals surface area contributed by atoms with E-state index >= 15 is 0 Å². The van der Waals surface area contributed by atoms with Crippen LogP contribution in [0.3, 0.4) is 0 Å². The molecule has 0 spiro atoms. The van der Waals surface area contributed by atoms with Crippen molar-refractivity contribution in [1.82, 2.24) is 0 Å². The third kappa shape index (κ3) is 7.56. The van der Waals surface area contributed by atoms with Crippen LogP contribution in [0.4, 0.5) is 0 Å². The Labute approximate surface area is 163 Å². The van der Waals surface area contributed by atoms with Gasteiger partial charge in [0.1, 0.15) is 5.78 Å². The van der Waals surface area contributed by atoms with Crippen LogP contribution in [0.1, 0.15) is 24.8 Å². The van der Waals surface area contributed by atoms with Crippen molar-refractivity contribution < 1.29 is 19.8 Å². The second-order valence-corrected chi connectivity index (χ2v) is 8.76. The average molecular weight is 395 g/mol. The molecule has 26 heavy (non-hydrogen) atoms. The summed E-state index contributed by atoms with van der Waals surface area (Å²) < 4.78 is 0. The van der Waals surface area contributed by atoms with Crippen LogP contribution >= 0.6 is 23.5 Å². The van der Waals surface area contributed by atoms with Gasteiger partial charge in [-0.25, -0.2) is 0 Å². The third-order valence-electron chi connectivity index (χ3n) is 4.25. The van der Waals surface area contributed by atoms with Crippen molar-refractivity contribution >= 4 is 35.3 Å². The highest BCUT2D eigenvalue weighted by atomic mass is 32.2. The molecule has 0 heterocycles.